The summed E-state index contributed by atoms with van der Waals surface area (Å²) in [5, 5.41) is 0. The molecule has 0 aliphatic heterocycles. The second-order valence-electron chi connectivity index (χ2n) is 5.14. The Morgan fingerprint density at radius 1 is 1.53 bits per heavy atom. The highest BCUT2D eigenvalue weighted by atomic mass is 16.1. The maximum Gasteiger partial charge on any atom is 0.136 e. The van der Waals surface area contributed by atoms with Gasteiger partial charge >= 0.3 is 0 Å². The molecule has 0 spiro atoms. The Bertz CT molecular complexity index is 242. The van der Waals surface area contributed by atoms with Crippen LogP contribution in [0.1, 0.15) is 52.9 Å². The normalized spacial score (nSPS) is 31.7. The van der Waals surface area contributed by atoms with Gasteiger partial charge in [-0.1, -0.05) is 38.8 Å². The average Bonchev–Trinajstić information content (AvgIpc) is 2.19. The molecule has 3 atom stereocenters. The minimum atomic E-state index is 0.284. The van der Waals surface area contributed by atoms with E-state index in [1.807, 2.05) is 0 Å². The van der Waals surface area contributed by atoms with E-state index in [1.165, 1.54) is 31.3 Å². The van der Waals surface area contributed by atoms with Gasteiger partial charge in [-0.05, 0) is 31.6 Å². The third kappa shape index (κ3) is 3.19. The van der Waals surface area contributed by atoms with E-state index in [0.29, 0.717) is 17.6 Å². The summed E-state index contributed by atoms with van der Waals surface area (Å²) in [4.78, 5) is 11.8. The fourth-order valence-electron chi connectivity index (χ4n) is 2.55. The lowest BCUT2D eigenvalue weighted by Gasteiger charge is -2.33. The van der Waals surface area contributed by atoms with Gasteiger partial charge in [0, 0.05) is 12.3 Å². The molecule has 1 rings (SSSR count). The van der Waals surface area contributed by atoms with Crippen molar-refractivity contribution in [1.82, 2.24) is 0 Å². The zero-order chi connectivity index (χ0) is 11.4. The van der Waals surface area contributed by atoms with Gasteiger partial charge in [0.2, 0.25) is 0 Å². The van der Waals surface area contributed by atoms with Crippen LogP contribution >= 0.6 is 0 Å². The van der Waals surface area contributed by atoms with Crippen LogP contribution in [0.4, 0.5) is 0 Å². The molecule has 0 N–H and O–H groups in total. The van der Waals surface area contributed by atoms with Crippen LogP contribution in [0, 0.1) is 17.8 Å². The molecule has 1 fully saturated rings. The summed E-state index contributed by atoms with van der Waals surface area (Å²) in [6.07, 6.45) is 5.62. The number of Topliss-reactive ketones (excluding diaryl/α,β-unsaturated/α-hetero) is 1. The van der Waals surface area contributed by atoms with E-state index in [2.05, 4.69) is 27.4 Å². The van der Waals surface area contributed by atoms with Crippen LogP contribution in [-0.4, -0.2) is 5.78 Å². The fraction of sp³-hybridized carbons (Fsp3) is 0.786. The van der Waals surface area contributed by atoms with Crippen molar-refractivity contribution in [3.8, 4) is 0 Å². The summed E-state index contributed by atoms with van der Waals surface area (Å²) >= 11 is 0. The summed E-state index contributed by atoms with van der Waals surface area (Å²) < 4.78 is 0. The monoisotopic (exact) mass is 208 g/mol. The van der Waals surface area contributed by atoms with Gasteiger partial charge in [0.15, 0.2) is 0 Å². The minimum Gasteiger partial charge on any atom is -0.299 e. The molecule has 1 saturated carbocycles. The second kappa shape index (κ2) is 5.48. The molecule has 15 heavy (non-hydrogen) atoms. The lowest BCUT2D eigenvalue weighted by Crippen LogP contribution is -2.31. The topological polar surface area (TPSA) is 17.1 Å². The van der Waals surface area contributed by atoms with Gasteiger partial charge in [-0.15, -0.1) is 0 Å². The largest absolute Gasteiger partial charge is 0.299 e. The Morgan fingerprint density at radius 2 is 2.20 bits per heavy atom. The second-order valence-corrected chi connectivity index (χ2v) is 5.14. The first kappa shape index (κ1) is 12.5. The average molecular weight is 208 g/mol. The molecule has 0 aromatic heterocycles. The summed E-state index contributed by atoms with van der Waals surface area (Å²) in [6.45, 7) is 10.4. The lowest BCUT2D eigenvalue weighted by molar-refractivity contribution is -0.127. The Labute approximate surface area is 93.9 Å². The van der Waals surface area contributed by atoms with E-state index in [1.54, 1.807) is 0 Å². The van der Waals surface area contributed by atoms with Crippen LogP contribution in [0.5, 0.6) is 0 Å². The predicted molar refractivity (Wildman–Crippen MR) is 64.7 cm³/mol. The first-order chi connectivity index (χ1) is 7.06. The SMILES string of the molecule is C=C(C)[C@H]1CC(=O)C(C)[C@H](CCCC)C1. The highest BCUT2D eigenvalue weighted by Gasteiger charge is 2.33. The van der Waals surface area contributed by atoms with Gasteiger partial charge in [0.05, 0.1) is 0 Å². The third-order valence-electron chi connectivity index (χ3n) is 3.88. The van der Waals surface area contributed by atoms with E-state index in [0.717, 1.165) is 6.42 Å². The quantitative estimate of drug-likeness (QED) is 0.639. The van der Waals surface area contributed by atoms with Gasteiger partial charge < -0.3 is 0 Å². The molecular weight excluding hydrogens is 184 g/mol. The van der Waals surface area contributed by atoms with Crippen molar-refractivity contribution in [3.05, 3.63) is 12.2 Å². The van der Waals surface area contributed by atoms with E-state index in [9.17, 15) is 4.79 Å². The zero-order valence-electron chi connectivity index (χ0n) is 10.4. The van der Waals surface area contributed by atoms with Crippen molar-refractivity contribution >= 4 is 5.78 Å². The number of carbonyl (C=O) groups is 1. The molecule has 0 amide bonds. The Balaban J connectivity index is 2.60. The molecule has 0 aromatic carbocycles. The molecule has 1 unspecified atom stereocenters. The maximum absolute atomic E-state index is 11.8. The number of ketones is 1. The van der Waals surface area contributed by atoms with E-state index in [4.69, 9.17) is 0 Å². The molecule has 0 radical (unpaired) electrons. The first-order valence-electron chi connectivity index (χ1n) is 6.24. The summed E-state index contributed by atoms with van der Waals surface area (Å²) in [5.41, 5.74) is 1.19. The van der Waals surface area contributed by atoms with Crippen molar-refractivity contribution in [2.24, 2.45) is 17.8 Å². The Hall–Kier alpha value is -0.590. The smallest absolute Gasteiger partial charge is 0.136 e. The number of unbranched alkanes of at least 4 members (excludes halogenated alkanes) is 1. The number of rotatable bonds is 4. The fourth-order valence-corrected chi connectivity index (χ4v) is 2.55. The maximum atomic E-state index is 11.8. The van der Waals surface area contributed by atoms with Crippen molar-refractivity contribution in [2.75, 3.05) is 0 Å². The van der Waals surface area contributed by atoms with E-state index < -0.39 is 0 Å². The van der Waals surface area contributed by atoms with Crippen LogP contribution in [0.2, 0.25) is 0 Å². The lowest BCUT2D eigenvalue weighted by atomic mass is 9.70. The molecule has 0 aromatic rings. The van der Waals surface area contributed by atoms with Crippen LogP contribution in [-0.2, 0) is 4.79 Å². The number of hydrogen-bond acceptors (Lipinski definition) is 1. The van der Waals surface area contributed by atoms with Gasteiger partial charge in [0.25, 0.3) is 0 Å². The molecule has 0 bridgehead atoms. The standard InChI is InChI=1S/C14H24O/c1-5-6-7-12-8-13(10(2)3)9-14(15)11(12)4/h11-13H,2,5-9H2,1,3-4H3/t11?,12-,13-/m1/s1. The number of allylic oxidation sites excluding steroid dienone is 1. The molecule has 1 aliphatic rings. The summed E-state index contributed by atoms with van der Waals surface area (Å²) in [6, 6.07) is 0. The van der Waals surface area contributed by atoms with Crippen molar-refractivity contribution < 1.29 is 4.79 Å². The first-order valence-corrected chi connectivity index (χ1v) is 6.24. The number of carbonyl (C=O) groups excluding carboxylic acids is 1. The molecule has 0 saturated heterocycles. The predicted octanol–water partition coefficient (Wildman–Crippen LogP) is 3.98. The zero-order valence-corrected chi connectivity index (χ0v) is 10.4. The van der Waals surface area contributed by atoms with E-state index >= 15 is 0 Å². The molecule has 1 aliphatic carbocycles. The Kier molecular flexibility index (Phi) is 4.56. The van der Waals surface area contributed by atoms with Crippen molar-refractivity contribution in [3.63, 3.8) is 0 Å². The van der Waals surface area contributed by atoms with E-state index in [-0.39, 0.29) is 5.92 Å². The minimum absolute atomic E-state index is 0.284. The third-order valence-corrected chi connectivity index (χ3v) is 3.88. The van der Waals surface area contributed by atoms with Crippen LogP contribution < -0.4 is 0 Å². The molecule has 86 valence electrons. The van der Waals surface area contributed by atoms with Gasteiger partial charge in [-0.25, -0.2) is 0 Å². The highest BCUT2D eigenvalue weighted by Crippen LogP contribution is 2.37. The molecule has 0 heterocycles. The van der Waals surface area contributed by atoms with Gasteiger partial charge in [-0.2, -0.15) is 0 Å². The van der Waals surface area contributed by atoms with Crippen LogP contribution in [0.15, 0.2) is 12.2 Å². The molecule has 1 heteroatoms. The Morgan fingerprint density at radius 3 is 2.73 bits per heavy atom. The summed E-state index contributed by atoms with van der Waals surface area (Å²) in [7, 11) is 0. The van der Waals surface area contributed by atoms with Gasteiger partial charge in [0.1, 0.15) is 5.78 Å². The van der Waals surface area contributed by atoms with Crippen molar-refractivity contribution in [1.29, 1.82) is 0 Å². The number of hydrogen-bond donors (Lipinski definition) is 0. The van der Waals surface area contributed by atoms with Crippen LogP contribution in [0.3, 0.4) is 0 Å². The van der Waals surface area contributed by atoms with Crippen molar-refractivity contribution in [2.45, 2.75) is 52.9 Å². The highest BCUT2D eigenvalue weighted by molar-refractivity contribution is 5.82. The molecular formula is C14H24O. The molecule has 1 nitrogen and oxygen atoms in total. The summed E-state index contributed by atoms with van der Waals surface area (Å²) in [5.74, 6) is 1.80. The van der Waals surface area contributed by atoms with Gasteiger partial charge in [-0.3, -0.25) is 4.79 Å². The van der Waals surface area contributed by atoms with Crippen LogP contribution in [0.25, 0.3) is 0 Å².